The molecule has 1 heterocycles. The minimum atomic E-state index is -0.242. The zero-order chi connectivity index (χ0) is 16.6. The van der Waals surface area contributed by atoms with Crippen LogP contribution in [-0.2, 0) is 19.8 Å². The summed E-state index contributed by atoms with van der Waals surface area (Å²) in [6, 6.07) is 19.6. The van der Waals surface area contributed by atoms with Crippen molar-refractivity contribution < 1.29 is 14.6 Å². The average molecular weight is 322 g/mol. The van der Waals surface area contributed by atoms with Crippen LogP contribution in [0, 0.1) is 0 Å². The van der Waals surface area contributed by atoms with Crippen LogP contribution in [0.1, 0.15) is 16.8 Å². The van der Waals surface area contributed by atoms with E-state index in [1.165, 1.54) is 6.33 Å². The molecule has 122 valence electrons. The van der Waals surface area contributed by atoms with Crippen LogP contribution in [0.25, 0.3) is 0 Å². The van der Waals surface area contributed by atoms with Gasteiger partial charge in [-0.1, -0.05) is 60.7 Å². The Labute approximate surface area is 140 Å². The zero-order valence-corrected chi connectivity index (χ0v) is 13.1. The highest BCUT2D eigenvalue weighted by atomic mass is 16.5. The van der Waals surface area contributed by atoms with Crippen LogP contribution in [0.15, 0.2) is 67.0 Å². The summed E-state index contributed by atoms with van der Waals surface area (Å²) in [7, 11) is 0. The molecule has 0 saturated carbocycles. The summed E-state index contributed by atoms with van der Waals surface area (Å²) in [6.45, 7) is 0.474. The maximum absolute atomic E-state index is 9.50. The van der Waals surface area contributed by atoms with Crippen LogP contribution < -0.4 is 9.47 Å². The number of hydrogen-bond acceptors (Lipinski definition) is 5. The molecule has 0 atom stereocenters. The lowest BCUT2D eigenvalue weighted by Crippen LogP contribution is -2.06. The number of benzene rings is 2. The molecule has 0 aliphatic heterocycles. The van der Waals surface area contributed by atoms with Crippen molar-refractivity contribution in [3.63, 3.8) is 0 Å². The largest absolute Gasteiger partial charge is 0.482 e. The zero-order valence-electron chi connectivity index (χ0n) is 13.1. The van der Waals surface area contributed by atoms with Crippen LogP contribution in [-0.4, -0.2) is 15.1 Å². The van der Waals surface area contributed by atoms with Crippen molar-refractivity contribution in [2.45, 2.75) is 19.8 Å². The van der Waals surface area contributed by atoms with Gasteiger partial charge in [-0.3, -0.25) is 0 Å². The molecule has 0 aliphatic carbocycles. The van der Waals surface area contributed by atoms with Crippen molar-refractivity contribution in [3.05, 3.63) is 83.8 Å². The van der Waals surface area contributed by atoms with Gasteiger partial charge in [0.05, 0.1) is 6.61 Å². The molecule has 0 bridgehead atoms. The van der Waals surface area contributed by atoms with E-state index in [1.807, 2.05) is 60.7 Å². The molecule has 0 spiro atoms. The Morgan fingerprint density at radius 3 is 1.92 bits per heavy atom. The van der Waals surface area contributed by atoms with E-state index in [1.54, 1.807) is 0 Å². The molecule has 3 rings (SSSR count). The Kier molecular flexibility index (Phi) is 5.37. The summed E-state index contributed by atoms with van der Waals surface area (Å²) in [4.78, 5) is 8.20. The van der Waals surface area contributed by atoms with Crippen molar-refractivity contribution in [3.8, 4) is 11.6 Å². The molecule has 0 aliphatic rings. The Morgan fingerprint density at radius 1 is 0.750 bits per heavy atom. The summed E-state index contributed by atoms with van der Waals surface area (Å²) in [5.74, 6) is 0.702. The molecule has 2 aromatic carbocycles. The van der Waals surface area contributed by atoms with E-state index < -0.39 is 0 Å². The molecule has 0 unspecified atom stereocenters. The maximum atomic E-state index is 9.50. The van der Waals surface area contributed by atoms with E-state index in [-0.39, 0.29) is 6.61 Å². The predicted molar refractivity (Wildman–Crippen MR) is 89.5 cm³/mol. The SMILES string of the molecule is OCc1ncnc(OCc2ccccc2)c1OCc1ccccc1. The Morgan fingerprint density at radius 2 is 1.33 bits per heavy atom. The Bertz CT molecular complexity index is 764. The van der Waals surface area contributed by atoms with Crippen LogP contribution in [0.3, 0.4) is 0 Å². The molecular formula is C19H18N2O3. The second-order valence-corrected chi connectivity index (χ2v) is 5.16. The highest BCUT2D eigenvalue weighted by Crippen LogP contribution is 2.29. The van der Waals surface area contributed by atoms with Gasteiger partial charge in [-0.25, -0.2) is 4.98 Å². The van der Waals surface area contributed by atoms with Gasteiger partial charge >= 0.3 is 0 Å². The monoisotopic (exact) mass is 322 g/mol. The van der Waals surface area contributed by atoms with Crippen molar-refractivity contribution in [1.82, 2.24) is 9.97 Å². The van der Waals surface area contributed by atoms with Crippen LogP contribution in [0.2, 0.25) is 0 Å². The van der Waals surface area contributed by atoms with E-state index in [0.717, 1.165) is 11.1 Å². The highest BCUT2D eigenvalue weighted by Gasteiger charge is 2.14. The third kappa shape index (κ3) is 4.08. The van der Waals surface area contributed by atoms with Gasteiger partial charge in [-0.15, -0.1) is 0 Å². The van der Waals surface area contributed by atoms with Gasteiger partial charge in [0.2, 0.25) is 5.75 Å². The van der Waals surface area contributed by atoms with Gasteiger partial charge in [0.25, 0.3) is 5.88 Å². The summed E-state index contributed by atoms with van der Waals surface area (Å²) in [5, 5.41) is 9.50. The summed E-state index contributed by atoms with van der Waals surface area (Å²) in [6.07, 6.45) is 1.36. The van der Waals surface area contributed by atoms with E-state index in [4.69, 9.17) is 9.47 Å². The van der Waals surface area contributed by atoms with Gasteiger partial charge in [0, 0.05) is 0 Å². The lowest BCUT2D eigenvalue weighted by atomic mass is 10.2. The molecule has 3 aromatic rings. The molecule has 5 nitrogen and oxygen atoms in total. The minimum Gasteiger partial charge on any atom is -0.482 e. The molecule has 0 radical (unpaired) electrons. The van der Waals surface area contributed by atoms with Crippen molar-refractivity contribution in [1.29, 1.82) is 0 Å². The fourth-order valence-corrected chi connectivity index (χ4v) is 2.21. The number of aliphatic hydroxyl groups excluding tert-OH is 1. The molecule has 1 aromatic heterocycles. The molecular weight excluding hydrogens is 304 g/mol. The second-order valence-electron chi connectivity index (χ2n) is 5.16. The normalized spacial score (nSPS) is 10.4. The second kappa shape index (κ2) is 8.08. The number of hydrogen-bond donors (Lipinski definition) is 1. The first-order valence-corrected chi connectivity index (χ1v) is 7.65. The number of aliphatic hydroxyl groups is 1. The van der Waals surface area contributed by atoms with Crippen molar-refractivity contribution in [2.24, 2.45) is 0 Å². The van der Waals surface area contributed by atoms with E-state index in [9.17, 15) is 5.11 Å². The van der Waals surface area contributed by atoms with E-state index in [2.05, 4.69) is 9.97 Å². The molecule has 24 heavy (non-hydrogen) atoms. The van der Waals surface area contributed by atoms with Crippen molar-refractivity contribution >= 4 is 0 Å². The summed E-state index contributed by atoms with van der Waals surface area (Å²) >= 11 is 0. The summed E-state index contributed by atoms with van der Waals surface area (Å²) < 4.78 is 11.6. The number of rotatable bonds is 7. The van der Waals surface area contributed by atoms with Gasteiger partial charge < -0.3 is 14.6 Å². The van der Waals surface area contributed by atoms with E-state index >= 15 is 0 Å². The first-order valence-electron chi connectivity index (χ1n) is 7.65. The minimum absolute atomic E-state index is 0.242. The first-order chi connectivity index (χ1) is 11.9. The van der Waals surface area contributed by atoms with Crippen LogP contribution >= 0.6 is 0 Å². The Balaban J connectivity index is 1.75. The van der Waals surface area contributed by atoms with E-state index in [0.29, 0.717) is 30.5 Å². The lowest BCUT2D eigenvalue weighted by molar-refractivity contribution is 0.226. The first kappa shape index (κ1) is 16.0. The number of ether oxygens (including phenoxy) is 2. The van der Waals surface area contributed by atoms with Crippen LogP contribution in [0.4, 0.5) is 0 Å². The van der Waals surface area contributed by atoms with Crippen molar-refractivity contribution in [2.75, 3.05) is 0 Å². The number of nitrogens with zero attached hydrogens (tertiary/aromatic N) is 2. The highest BCUT2D eigenvalue weighted by molar-refractivity contribution is 5.37. The molecule has 0 saturated heterocycles. The fourth-order valence-electron chi connectivity index (χ4n) is 2.21. The van der Waals surface area contributed by atoms with Crippen LogP contribution in [0.5, 0.6) is 11.6 Å². The number of aromatic nitrogens is 2. The third-order valence-corrected chi connectivity index (χ3v) is 3.44. The van der Waals surface area contributed by atoms with Gasteiger partial charge in [-0.05, 0) is 11.1 Å². The Hall–Kier alpha value is -2.92. The van der Waals surface area contributed by atoms with Gasteiger partial charge in [0.15, 0.2) is 0 Å². The smallest absolute Gasteiger partial charge is 0.260 e. The third-order valence-electron chi connectivity index (χ3n) is 3.44. The molecule has 0 fully saturated rings. The predicted octanol–water partition coefficient (Wildman–Crippen LogP) is 3.13. The molecule has 0 amide bonds. The standard InChI is InChI=1S/C19H18N2O3/c22-11-17-18(23-12-15-7-3-1-4-8-15)19(21-14-20-17)24-13-16-9-5-2-6-10-16/h1-10,14,22H,11-13H2. The topological polar surface area (TPSA) is 64.5 Å². The fraction of sp³-hybridized carbons (Fsp3) is 0.158. The lowest BCUT2D eigenvalue weighted by Gasteiger charge is -2.14. The molecule has 5 heteroatoms. The maximum Gasteiger partial charge on any atom is 0.260 e. The quantitative estimate of drug-likeness (QED) is 0.724. The average Bonchev–Trinajstić information content (AvgIpc) is 2.66. The molecule has 1 N–H and O–H groups in total. The summed E-state index contributed by atoms with van der Waals surface area (Å²) in [5.41, 5.74) is 2.44. The van der Waals surface area contributed by atoms with Gasteiger partial charge in [0.1, 0.15) is 25.2 Å². The van der Waals surface area contributed by atoms with Gasteiger partial charge in [-0.2, -0.15) is 4.98 Å².